The van der Waals surface area contributed by atoms with Gasteiger partial charge in [-0.2, -0.15) is 0 Å². The fourth-order valence-electron chi connectivity index (χ4n) is 3.55. The van der Waals surface area contributed by atoms with E-state index in [1.165, 1.54) is 7.05 Å². The minimum absolute atomic E-state index is 0.259. The van der Waals surface area contributed by atoms with E-state index in [1.54, 1.807) is 7.11 Å². The third-order valence-corrected chi connectivity index (χ3v) is 5.27. The van der Waals surface area contributed by atoms with Crippen molar-refractivity contribution in [1.82, 2.24) is 15.6 Å². The quantitative estimate of drug-likeness (QED) is 0.741. The van der Waals surface area contributed by atoms with Crippen molar-refractivity contribution in [3.8, 4) is 5.75 Å². The smallest absolute Gasteiger partial charge is 0.407 e. The number of nitrogens with zero attached hydrogens (tertiary/aromatic N) is 2. The van der Waals surface area contributed by atoms with Gasteiger partial charge in [0.1, 0.15) is 11.6 Å². The van der Waals surface area contributed by atoms with Crippen LogP contribution in [0.3, 0.4) is 0 Å². The first-order valence-corrected chi connectivity index (χ1v) is 9.90. The third kappa shape index (κ3) is 5.49. The molecule has 8 heteroatoms. The highest BCUT2D eigenvalue weighted by molar-refractivity contribution is 5.86. The van der Waals surface area contributed by atoms with Crippen LogP contribution in [0.2, 0.25) is 0 Å². The Bertz CT molecular complexity index is 850. The van der Waals surface area contributed by atoms with Crippen LogP contribution in [0.5, 0.6) is 5.75 Å². The number of ether oxygens (including phenoxy) is 2. The van der Waals surface area contributed by atoms with Crippen LogP contribution in [0.1, 0.15) is 19.3 Å². The van der Waals surface area contributed by atoms with Gasteiger partial charge in [0.2, 0.25) is 0 Å². The zero-order chi connectivity index (χ0) is 20.6. The number of fused-ring (bicyclic) bond motifs is 1. The van der Waals surface area contributed by atoms with Gasteiger partial charge in [0, 0.05) is 32.1 Å². The van der Waals surface area contributed by atoms with Crippen LogP contribution < -0.4 is 20.3 Å². The van der Waals surface area contributed by atoms with Crippen molar-refractivity contribution in [3.63, 3.8) is 0 Å². The number of carbonyl (C=O) groups is 2. The fraction of sp³-hybridized carbons (Fsp3) is 0.476. The number of carbonyl (C=O) groups excluding carboxylic acids is 2. The average Bonchev–Trinajstić information content (AvgIpc) is 2.77. The number of amides is 2. The monoisotopic (exact) mass is 400 g/mol. The number of methoxy groups -OCH3 is 1. The van der Waals surface area contributed by atoms with Gasteiger partial charge in [0.15, 0.2) is 6.61 Å². The summed E-state index contributed by atoms with van der Waals surface area (Å²) in [5, 5.41) is 6.12. The number of benzene rings is 1. The number of anilines is 1. The van der Waals surface area contributed by atoms with E-state index in [9.17, 15) is 9.59 Å². The number of hydrogen-bond acceptors (Lipinski definition) is 6. The van der Waals surface area contributed by atoms with Gasteiger partial charge in [-0.25, -0.2) is 9.78 Å². The second kappa shape index (κ2) is 9.95. The van der Waals surface area contributed by atoms with Crippen molar-refractivity contribution in [1.29, 1.82) is 0 Å². The maximum absolute atomic E-state index is 11.6. The molecule has 2 heterocycles. The summed E-state index contributed by atoms with van der Waals surface area (Å²) < 4.78 is 10.2. The second-order valence-electron chi connectivity index (χ2n) is 7.09. The largest absolute Gasteiger partial charge is 0.496 e. The zero-order valence-corrected chi connectivity index (χ0v) is 16.9. The van der Waals surface area contributed by atoms with E-state index < -0.39 is 6.09 Å². The van der Waals surface area contributed by atoms with Crippen LogP contribution in [-0.2, 0) is 9.53 Å². The molecule has 1 aromatic heterocycles. The van der Waals surface area contributed by atoms with Crippen molar-refractivity contribution in [2.45, 2.75) is 19.3 Å². The Labute approximate surface area is 170 Å². The molecule has 0 bridgehead atoms. The summed E-state index contributed by atoms with van der Waals surface area (Å²) in [6, 6.07) is 10.0. The summed E-state index contributed by atoms with van der Waals surface area (Å²) >= 11 is 0. The molecule has 2 aromatic rings. The van der Waals surface area contributed by atoms with Gasteiger partial charge < -0.3 is 25.0 Å². The Morgan fingerprint density at radius 3 is 2.72 bits per heavy atom. The Morgan fingerprint density at radius 1 is 1.21 bits per heavy atom. The Morgan fingerprint density at radius 2 is 2.00 bits per heavy atom. The molecule has 156 valence electrons. The molecule has 29 heavy (non-hydrogen) atoms. The molecule has 1 aliphatic heterocycles. The number of rotatable bonds is 7. The van der Waals surface area contributed by atoms with Crippen LogP contribution in [-0.4, -0.2) is 57.4 Å². The van der Waals surface area contributed by atoms with Crippen LogP contribution in [0, 0.1) is 5.92 Å². The van der Waals surface area contributed by atoms with Gasteiger partial charge in [-0.15, -0.1) is 0 Å². The number of aromatic nitrogens is 1. The zero-order valence-electron chi connectivity index (χ0n) is 16.9. The summed E-state index contributed by atoms with van der Waals surface area (Å²) in [5.41, 5.74) is 0.934. The van der Waals surface area contributed by atoms with E-state index in [-0.39, 0.29) is 12.5 Å². The van der Waals surface area contributed by atoms with E-state index >= 15 is 0 Å². The van der Waals surface area contributed by atoms with Crippen molar-refractivity contribution in [2.24, 2.45) is 5.92 Å². The first-order valence-electron chi connectivity index (χ1n) is 9.90. The van der Waals surface area contributed by atoms with Crippen molar-refractivity contribution < 1.29 is 19.1 Å². The van der Waals surface area contributed by atoms with Gasteiger partial charge in [-0.3, -0.25) is 4.79 Å². The van der Waals surface area contributed by atoms with Crippen LogP contribution in [0.4, 0.5) is 10.6 Å². The molecule has 2 N–H and O–H groups in total. The van der Waals surface area contributed by atoms with Crippen molar-refractivity contribution >= 4 is 28.7 Å². The van der Waals surface area contributed by atoms with E-state index in [1.807, 2.05) is 18.2 Å². The molecule has 0 atom stereocenters. The van der Waals surface area contributed by atoms with Crippen molar-refractivity contribution in [2.75, 3.05) is 45.3 Å². The molecule has 1 saturated heterocycles. The van der Waals surface area contributed by atoms with Crippen molar-refractivity contribution in [3.05, 3.63) is 30.3 Å². The number of hydrogen-bond donors (Lipinski definition) is 2. The molecule has 0 radical (unpaired) electrons. The lowest BCUT2D eigenvalue weighted by molar-refractivity contribution is -0.123. The van der Waals surface area contributed by atoms with E-state index in [0.29, 0.717) is 12.5 Å². The maximum Gasteiger partial charge on any atom is 0.407 e. The summed E-state index contributed by atoms with van der Waals surface area (Å²) in [6.07, 6.45) is 2.44. The second-order valence-corrected chi connectivity index (χ2v) is 7.09. The molecular weight excluding hydrogens is 372 g/mol. The van der Waals surface area contributed by atoms with E-state index in [0.717, 1.165) is 54.8 Å². The molecule has 1 aromatic carbocycles. The fourth-order valence-corrected chi connectivity index (χ4v) is 3.55. The lowest BCUT2D eigenvalue weighted by Gasteiger charge is -2.33. The molecule has 1 aliphatic rings. The lowest BCUT2D eigenvalue weighted by atomic mass is 9.93. The van der Waals surface area contributed by atoms with Crippen LogP contribution >= 0.6 is 0 Å². The number of likely N-dealkylation sites (N-methyl/N-ethyl adjacent to an activating group) is 1. The average molecular weight is 400 g/mol. The number of alkyl carbamates (subject to hydrolysis) is 1. The molecule has 3 rings (SSSR count). The molecule has 2 amide bonds. The van der Waals surface area contributed by atoms with Crippen LogP contribution in [0.25, 0.3) is 10.9 Å². The normalized spacial score (nSPS) is 14.5. The first-order chi connectivity index (χ1) is 14.1. The summed E-state index contributed by atoms with van der Waals surface area (Å²) in [5.74, 6) is 2.04. The molecular formula is C21H28N4O4. The van der Waals surface area contributed by atoms with E-state index in [2.05, 4.69) is 27.7 Å². The molecule has 0 aliphatic carbocycles. The highest BCUT2D eigenvalue weighted by Gasteiger charge is 2.20. The lowest BCUT2D eigenvalue weighted by Crippen LogP contribution is -2.36. The molecule has 8 nitrogen and oxygen atoms in total. The molecule has 0 saturated carbocycles. The first kappa shape index (κ1) is 20.7. The molecule has 0 spiro atoms. The minimum Gasteiger partial charge on any atom is -0.496 e. The predicted octanol–water partition coefficient (Wildman–Crippen LogP) is 2.32. The Kier molecular flexibility index (Phi) is 7.10. The number of nitrogens with one attached hydrogen (secondary N) is 2. The summed E-state index contributed by atoms with van der Waals surface area (Å²) in [6.45, 7) is 2.17. The Balaban J connectivity index is 1.44. The van der Waals surface area contributed by atoms with Gasteiger partial charge in [-0.1, -0.05) is 6.07 Å². The SMILES string of the molecule is CNC(=O)COC(=O)NCCC1CCN(c2ccc3c(OC)cccc3n2)CC1. The van der Waals surface area contributed by atoms with Gasteiger partial charge in [-0.05, 0) is 49.4 Å². The number of piperidine rings is 1. The highest BCUT2D eigenvalue weighted by Crippen LogP contribution is 2.28. The highest BCUT2D eigenvalue weighted by atomic mass is 16.6. The molecule has 0 unspecified atom stereocenters. The molecule has 1 fully saturated rings. The third-order valence-electron chi connectivity index (χ3n) is 5.27. The summed E-state index contributed by atoms with van der Waals surface area (Å²) in [7, 11) is 3.17. The number of pyridine rings is 1. The van der Waals surface area contributed by atoms with E-state index in [4.69, 9.17) is 14.5 Å². The Hall–Kier alpha value is -3.03. The topological polar surface area (TPSA) is 92.8 Å². The maximum atomic E-state index is 11.6. The van der Waals surface area contributed by atoms with Gasteiger partial charge in [0.05, 0.1) is 12.6 Å². The summed E-state index contributed by atoms with van der Waals surface area (Å²) in [4.78, 5) is 29.7. The van der Waals surface area contributed by atoms with Gasteiger partial charge >= 0.3 is 6.09 Å². The van der Waals surface area contributed by atoms with Crippen LogP contribution in [0.15, 0.2) is 30.3 Å². The predicted molar refractivity (Wildman–Crippen MR) is 111 cm³/mol. The standard InChI is InChI=1S/C21H28N4O4/c1-22-20(26)14-29-21(27)23-11-8-15-9-12-25(13-10-15)19-7-6-16-17(24-19)4-3-5-18(16)28-2/h3-7,15H,8-14H2,1-2H3,(H,22,26)(H,23,27). The van der Waals surface area contributed by atoms with Gasteiger partial charge in [0.25, 0.3) is 5.91 Å². The minimum atomic E-state index is -0.554.